The zero-order valence-corrected chi connectivity index (χ0v) is 23.2. The molecule has 9 aromatic rings. The number of nitrogens with zero attached hydrogens (tertiary/aromatic N) is 1. The van der Waals surface area contributed by atoms with E-state index < -0.39 is 0 Å². The van der Waals surface area contributed by atoms with E-state index in [1.54, 1.807) is 0 Å². The number of benzene rings is 7. The van der Waals surface area contributed by atoms with Crippen molar-refractivity contribution in [2.45, 2.75) is 0 Å². The SMILES string of the molecule is c1cc(-c2cccc3ccccc23)cc(N(c2cccc3c2oc2ccccc23)c2cccc3oc4ccccc4c23)c1. The molecule has 2 aromatic heterocycles. The number of para-hydroxylation sites is 3. The molecule has 202 valence electrons. The van der Waals surface area contributed by atoms with Crippen molar-refractivity contribution in [2.24, 2.45) is 0 Å². The predicted molar refractivity (Wildman–Crippen MR) is 179 cm³/mol. The zero-order chi connectivity index (χ0) is 28.3. The Hall–Kier alpha value is -5.80. The van der Waals surface area contributed by atoms with Crippen molar-refractivity contribution in [3.05, 3.63) is 152 Å². The zero-order valence-electron chi connectivity index (χ0n) is 23.2. The van der Waals surface area contributed by atoms with Crippen LogP contribution >= 0.6 is 0 Å². The van der Waals surface area contributed by atoms with E-state index in [2.05, 4.69) is 126 Å². The van der Waals surface area contributed by atoms with Crippen molar-refractivity contribution in [3.8, 4) is 11.1 Å². The Balaban J connectivity index is 1.36. The molecule has 0 spiro atoms. The number of anilines is 3. The lowest BCUT2D eigenvalue weighted by Crippen LogP contribution is -2.10. The molecule has 0 amide bonds. The first kappa shape index (κ1) is 23.9. The molecule has 0 saturated carbocycles. The van der Waals surface area contributed by atoms with Gasteiger partial charge in [-0.05, 0) is 64.4 Å². The minimum Gasteiger partial charge on any atom is -0.456 e. The van der Waals surface area contributed by atoms with E-state index in [1.165, 1.54) is 16.3 Å². The van der Waals surface area contributed by atoms with Crippen LogP contribution in [0.4, 0.5) is 17.1 Å². The molecule has 0 aliphatic heterocycles. The van der Waals surface area contributed by atoms with E-state index in [4.69, 9.17) is 8.83 Å². The molecule has 3 heteroatoms. The minimum atomic E-state index is 0.851. The summed E-state index contributed by atoms with van der Waals surface area (Å²) in [6, 6.07) is 53.1. The molecule has 0 saturated heterocycles. The Bertz CT molecular complexity index is 2480. The van der Waals surface area contributed by atoms with E-state index >= 15 is 0 Å². The third-order valence-corrected chi connectivity index (χ3v) is 8.45. The molecule has 0 unspecified atom stereocenters. The molecule has 9 rings (SSSR count). The van der Waals surface area contributed by atoms with Crippen LogP contribution in [0.25, 0.3) is 65.8 Å². The lowest BCUT2D eigenvalue weighted by molar-refractivity contribution is 0.668. The lowest BCUT2D eigenvalue weighted by Gasteiger charge is -2.27. The van der Waals surface area contributed by atoms with Crippen molar-refractivity contribution < 1.29 is 8.83 Å². The van der Waals surface area contributed by atoms with Gasteiger partial charge >= 0.3 is 0 Å². The average Bonchev–Trinajstić information content (AvgIpc) is 3.64. The fourth-order valence-corrected chi connectivity index (χ4v) is 6.55. The standard InChI is InChI=1S/C40H25NO2/c1-2-15-29-26(11-1)12-8-18-30(29)27-13-7-14-28(25-27)41(34-20-10-24-38-39(34)33-17-4-6-23-37(33)42-38)35-21-9-19-32-31-16-3-5-22-36(31)43-40(32)35/h1-25H. The summed E-state index contributed by atoms with van der Waals surface area (Å²) >= 11 is 0. The highest BCUT2D eigenvalue weighted by Crippen LogP contribution is 2.47. The first-order valence-electron chi connectivity index (χ1n) is 14.5. The summed E-state index contributed by atoms with van der Waals surface area (Å²) in [5.41, 5.74) is 8.85. The predicted octanol–water partition coefficient (Wildman–Crippen LogP) is 11.8. The number of furan rings is 2. The van der Waals surface area contributed by atoms with Crippen LogP contribution in [-0.4, -0.2) is 0 Å². The Morgan fingerprint density at radius 3 is 1.95 bits per heavy atom. The molecule has 3 nitrogen and oxygen atoms in total. The van der Waals surface area contributed by atoms with Crippen LogP contribution in [0.15, 0.2) is 160 Å². The van der Waals surface area contributed by atoms with Gasteiger partial charge in [0.1, 0.15) is 16.7 Å². The van der Waals surface area contributed by atoms with Crippen molar-refractivity contribution in [3.63, 3.8) is 0 Å². The Labute approximate surface area is 247 Å². The summed E-state index contributed by atoms with van der Waals surface area (Å²) in [5.74, 6) is 0. The van der Waals surface area contributed by atoms with Crippen LogP contribution in [0.1, 0.15) is 0 Å². The third kappa shape index (κ3) is 3.68. The van der Waals surface area contributed by atoms with Gasteiger partial charge in [-0.25, -0.2) is 0 Å². The van der Waals surface area contributed by atoms with Crippen molar-refractivity contribution in [2.75, 3.05) is 4.90 Å². The fraction of sp³-hybridized carbons (Fsp3) is 0. The number of hydrogen-bond acceptors (Lipinski definition) is 3. The maximum absolute atomic E-state index is 6.60. The van der Waals surface area contributed by atoms with Crippen molar-refractivity contribution in [1.82, 2.24) is 0 Å². The molecule has 0 aliphatic carbocycles. The van der Waals surface area contributed by atoms with Crippen molar-refractivity contribution in [1.29, 1.82) is 0 Å². The van der Waals surface area contributed by atoms with Crippen LogP contribution in [-0.2, 0) is 0 Å². The summed E-state index contributed by atoms with van der Waals surface area (Å²) in [6.45, 7) is 0. The maximum atomic E-state index is 6.60. The van der Waals surface area contributed by atoms with Gasteiger partial charge in [-0.1, -0.05) is 109 Å². The highest BCUT2D eigenvalue weighted by atomic mass is 16.3. The van der Waals surface area contributed by atoms with Gasteiger partial charge in [0.25, 0.3) is 0 Å². The van der Waals surface area contributed by atoms with Crippen LogP contribution < -0.4 is 4.90 Å². The van der Waals surface area contributed by atoms with E-state index in [0.29, 0.717) is 0 Å². The quantitative estimate of drug-likeness (QED) is 0.218. The van der Waals surface area contributed by atoms with Crippen molar-refractivity contribution >= 4 is 71.7 Å². The lowest BCUT2D eigenvalue weighted by atomic mass is 9.97. The summed E-state index contributed by atoms with van der Waals surface area (Å²) in [5, 5.41) is 6.81. The van der Waals surface area contributed by atoms with Crippen LogP contribution in [0.5, 0.6) is 0 Å². The number of hydrogen-bond donors (Lipinski definition) is 0. The van der Waals surface area contributed by atoms with E-state index in [-0.39, 0.29) is 0 Å². The van der Waals surface area contributed by atoms with Gasteiger partial charge < -0.3 is 13.7 Å². The summed E-state index contributed by atoms with van der Waals surface area (Å²) in [7, 11) is 0. The first-order valence-corrected chi connectivity index (χ1v) is 14.5. The average molecular weight is 552 g/mol. The molecule has 7 aromatic carbocycles. The molecular weight excluding hydrogens is 526 g/mol. The van der Waals surface area contributed by atoms with E-state index in [1.807, 2.05) is 30.3 Å². The maximum Gasteiger partial charge on any atom is 0.159 e. The van der Waals surface area contributed by atoms with Gasteiger partial charge in [0, 0.05) is 21.8 Å². The van der Waals surface area contributed by atoms with Gasteiger partial charge in [0.2, 0.25) is 0 Å². The van der Waals surface area contributed by atoms with Crippen LogP contribution in [0.2, 0.25) is 0 Å². The van der Waals surface area contributed by atoms with Gasteiger partial charge in [0.05, 0.1) is 16.8 Å². The fourth-order valence-electron chi connectivity index (χ4n) is 6.55. The van der Waals surface area contributed by atoms with Gasteiger partial charge in [-0.15, -0.1) is 0 Å². The summed E-state index contributed by atoms with van der Waals surface area (Å²) < 4.78 is 12.9. The molecule has 0 radical (unpaired) electrons. The number of fused-ring (bicyclic) bond motifs is 7. The van der Waals surface area contributed by atoms with Gasteiger partial charge in [-0.2, -0.15) is 0 Å². The molecule has 43 heavy (non-hydrogen) atoms. The molecule has 2 heterocycles. The van der Waals surface area contributed by atoms with Crippen LogP contribution in [0.3, 0.4) is 0 Å². The Morgan fingerprint density at radius 2 is 1.05 bits per heavy atom. The molecule has 0 N–H and O–H groups in total. The highest BCUT2D eigenvalue weighted by molar-refractivity contribution is 6.16. The molecule has 0 bridgehead atoms. The van der Waals surface area contributed by atoms with E-state index in [0.717, 1.165) is 66.5 Å². The minimum absolute atomic E-state index is 0.851. The van der Waals surface area contributed by atoms with Crippen LogP contribution in [0, 0.1) is 0 Å². The second-order valence-electron chi connectivity index (χ2n) is 10.9. The normalized spacial score (nSPS) is 11.7. The third-order valence-electron chi connectivity index (χ3n) is 8.45. The van der Waals surface area contributed by atoms with Gasteiger partial charge in [0.15, 0.2) is 5.58 Å². The topological polar surface area (TPSA) is 29.5 Å². The van der Waals surface area contributed by atoms with Gasteiger partial charge in [-0.3, -0.25) is 0 Å². The monoisotopic (exact) mass is 551 g/mol. The second kappa shape index (κ2) is 9.37. The molecule has 0 aliphatic rings. The largest absolute Gasteiger partial charge is 0.456 e. The second-order valence-corrected chi connectivity index (χ2v) is 10.9. The first-order chi connectivity index (χ1) is 21.3. The molecular formula is C40H25NO2. The number of rotatable bonds is 4. The molecule has 0 atom stereocenters. The smallest absolute Gasteiger partial charge is 0.159 e. The highest BCUT2D eigenvalue weighted by Gasteiger charge is 2.23. The van der Waals surface area contributed by atoms with E-state index in [9.17, 15) is 0 Å². The molecule has 0 fully saturated rings. The summed E-state index contributed by atoms with van der Waals surface area (Å²) in [6.07, 6.45) is 0. The summed E-state index contributed by atoms with van der Waals surface area (Å²) in [4.78, 5) is 2.32. The Kier molecular flexibility index (Phi) is 5.20. The Morgan fingerprint density at radius 1 is 0.419 bits per heavy atom.